The smallest absolute Gasteiger partial charge is 0.286 e. The molecule has 0 atom stereocenters. The number of benzene rings is 1. The number of quaternary nitrogens is 1. The van der Waals surface area contributed by atoms with E-state index in [4.69, 9.17) is 0 Å². The monoisotopic (exact) mass is 366 g/mol. The van der Waals surface area contributed by atoms with Gasteiger partial charge in [0.1, 0.15) is 0 Å². The first-order valence-corrected chi connectivity index (χ1v) is 8.57. The predicted molar refractivity (Wildman–Crippen MR) is 90.3 cm³/mol. The maximum absolute atomic E-state index is 12.0. The lowest BCUT2D eigenvalue weighted by Gasteiger charge is -2.30. The molecule has 110 valence electrons. The summed E-state index contributed by atoms with van der Waals surface area (Å²) >= 11 is 4.90. The Morgan fingerprint density at radius 3 is 2.62 bits per heavy atom. The Hall–Kier alpha value is -1.11. The number of nitrogens with zero attached hydrogens (tertiary/aromatic N) is 2. The van der Waals surface area contributed by atoms with Gasteiger partial charge in [-0.2, -0.15) is 4.99 Å². The quantitative estimate of drug-likeness (QED) is 0.760. The average Bonchev–Trinajstić information content (AvgIpc) is 2.83. The molecule has 4 nitrogen and oxygen atoms in total. The van der Waals surface area contributed by atoms with E-state index in [0.717, 1.165) is 41.4 Å². The highest BCUT2D eigenvalue weighted by molar-refractivity contribution is 9.10. The fraction of sp³-hybridized carbons (Fsp3) is 0.333. The molecule has 0 aromatic heterocycles. The van der Waals surface area contributed by atoms with E-state index in [0.29, 0.717) is 4.91 Å². The summed E-state index contributed by atoms with van der Waals surface area (Å²) in [6.45, 7) is 4.13. The molecule has 0 unspecified atom stereocenters. The first-order valence-electron chi connectivity index (χ1n) is 6.96. The van der Waals surface area contributed by atoms with Gasteiger partial charge in [-0.25, -0.2) is 0 Å². The van der Waals surface area contributed by atoms with Crippen LogP contribution in [0.1, 0.15) is 5.56 Å². The molecule has 21 heavy (non-hydrogen) atoms. The van der Waals surface area contributed by atoms with Gasteiger partial charge in [-0.3, -0.25) is 4.79 Å². The Kier molecular flexibility index (Phi) is 4.47. The number of rotatable bonds is 1. The van der Waals surface area contributed by atoms with Gasteiger partial charge in [0.05, 0.1) is 38.1 Å². The van der Waals surface area contributed by atoms with Crippen molar-refractivity contribution in [3.05, 3.63) is 39.2 Å². The Labute approximate surface area is 137 Å². The lowest BCUT2D eigenvalue weighted by Crippen LogP contribution is -3.12. The molecule has 6 heteroatoms. The average molecular weight is 367 g/mol. The molecule has 2 aliphatic heterocycles. The minimum absolute atomic E-state index is 0.121. The molecule has 1 saturated heterocycles. The van der Waals surface area contributed by atoms with Crippen LogP contribution in [0.3, 0.4) is 0 Å². The zero-order valence-electron chi connectivity index (χ0n) is 11.8. The van der Waals surface area contributed by atoms with E-state index in [1.54, 1.807) is 0 Å². The largest absolute Gasteiger partial charge is 0.339 e. The van der Waals surface area contributed by atoms with Crippen molar-refractivity contribution in [2.75, 3.05) is 33.2 Å². The summed E-state index contributed by atoms with van der Waals surface area (Å²) in [4.78, 5) is 20.7. The summed E-state index contributed by atoms with van der Waals surface area (Å²) in [5, 5.41) is 0.857. The molecule has 0 saturated carbocycles. The molecule has 1 amide bonds. The van der Waals surface area contributed by atoms with Gasteiger partial charge in [0, 0.05) is 4.47 Å². The Morgan fingerprint density at radius 1 is 1.29 bits per heavy atom. The highest BCUT2D eigenvalue weighted by Gasteiger charge is 2.28. The zero-order valence-corrected chi connectivity index (χ0v) is 14.2. The second kappa shape index (κ2) is 6.34. The van der Waals surface area contributed by atoms with E-state index in [2.05, 4.69) is 32.9 Å². The number of carbonyl (C=O) groups excluding carboxylic acids is 1. The van der Waals surface area contributed by atoms with Crippen molar-refractivity contribution < 1.29 is 9.69 Å². The Morgan fingerprint density at radius 2 is 1.95 bits per heavy atom. The summed E-state index contributed by atoms with van der Waals surface area (Å²) in [5.74, 6) is -0.121. The molecule has 1 fully saturated rings. The molecule has 0 aliphatic carbocycles. The Bertz CT molecular complexity index is 604. The summed E-state index contributed by atoms with van der Waals surface area (Å²) < 4.78 is 1.03. The number of aliphatic imine (C=N–C) groups is 1. The number of carbonyl (C=O) groups is 1. The van der Waals surface area contributed by atoms with Gasteiger partial charge < -0.3 is 9.80 Å². The molecule has 1 N–H and O–H groups in total. The van der Waals surface area contributed by atoms with Crippen molar-refractivity contribution in [2.45, 2.75) is 0 Å². The van der Waals surface area contributed by atoms with Crippen LogP contribution in [0.15, 0.2) is 38.6 Å². The number of hydrogen-bond acceptors (Lipinski definition) is 3. The normalized spacial score (nSPS) is 22.0. The third-order valence-corrected chi connectivity index (χ3v) is 5.24. The number of nitrogens with one attached hydrogen (secondary N) is 1. The number of hydrogen-bond donors (Lipinski definition) is 1. The lowest BCUT2D eigenvalue weighted by atomic mass is 10.2. The number of halogens is 1. The van der Waals surface area contributed by atoms with E-state index in [-0.39, 0.29) is 5.91 Å². The van der Waals surface area contributed by atoms with Crippen molar-refractivity contribution in [1.82, 2.24) is 4.90 Å². The molecule has 0 bridgehead atoms. The predicted octanol–water partition coefficient (Wildman–Crippen LogP) is 1.25. The van der Waals surface area contributed by atoms with Gasteiger partial charge >= 0.3 is 0 Å². The van der Waals surface area contributed by atoms with E-state index >= 15 is 0 Å². The third kappa shape index (κ3) is 3.56. The van der Waals surface area contributed by atoms with Crippen LogP contribution in [0.2, 0.25) is 0 Å². The van der Waals surface area contributed by atoms with E-state index < -0.39 is 0 Å². The molecular formula is C15H17BrN3OS+. The summed E-state index contributed by atoms with van der Waals surface area (Å²) in [6.07, 6.45) is 1.91. The van der Waals surface area contributed by atoms with Gasteiger partial charge in [0.15, 0.2) is 5.17 Å². The first kappa shape index (κ1) is 14.8. The van der Waals surface area contributed by atoms with Crippen molar-refractivity contribution >= 4 is 44.8 Å². The van der Waals surface area contributed by atoms with Crippen LogP contribution in [0.4, 0.5) is 0 Å². The fourth-order valence-corrected chi connectivity index (χ4v) is 3.55. The summed E-state index contributed by atoms with van der Waals surface area (Å²) in [7, 11) is 2.20. The minimum atomic E-state index is -0.121. The topological polar surface area (TPSA) is 37.1 Å². The van der Waals surface area contributed by atoms with E-state index in [1.807, 2.05) is 30.3 Å². The number of amidine groups is 1. The molecule has 2 aliphatic rings. The second-order valence-electron chi connectivity index (χ2n) is 5.31. The van der Waals surface area contributed by atoms with Crippen LogP contribution < -0.4 is 4.90 Å². The third-order valence-electron chi connectivity index (χ3n) is 3.66. The first-order chi connectivity index (χ1) is 10.1. The highest BCUT2D eigenvalue weighted by atomic mass is 79.9. The fourth-order valence-electron chi connectivity index (χ4n) is 2.32. The van der Waals surface area contributed by atoms with Gasteiger partial charge in [0.25, 0.3) is 5.91 Å². The number of thioether (sulfide) groups is 1. The lowest BCUT2D eigenvalue weighted by molar-refractivity contribution is -0.883. The van der Waals surface area contributed by atoms with Crippen LogP contribution in [0.25, 0.3) is 6.08 Å². The zero-order chi connectivity index (χ0) is 14.8. The van der Waals surface area contributed by atoms with Crippen molar-refractivity contribution in [1.29, 1.82) is 0 Å². The van der Waals surface area contributed by atoms with Crippen molar-refractivity contribution in [2.24, 2.45) is 4.99 Å². The summed E-state index contributed by atoms with van der Waals surface area (Å²) in [5.41, 5.74) is 1.02. The molecule has 1 aromatic rings. The molecule has 1 aromatic carbocycles. The standard InChI is InChI=1S/C15H16BrN3OS/c1-18-6-8-19(9-7-18)15-17-14(20)13(21-15)10-11-2-4-12(16)5-3-11/h2-5,10H,6-9H2,1H3/p+1/b13-10+. The maximum Gasteiger partial charge on any atom is 0.286 e. The number of likely N-dealkylation sites (N-methyl/N-ethyl adjacent to an activating group) is 1. The van der Waals surface area contributed by atoms with Crippen molar-refractivity contribution in [3.8, 4) is 0 Å². The highest BCUT2D eigenvalue weighted by Crippen LogP contribution is 2.30. The SMILES string of the molecule is C[NH+]1CCN(C2=NC(=O)/C(=C\c3ccc(Br)cc3)S2)CC1. The van der Waals surface area contributed by atoms with E-state index in [9.17, 15) is 4.79 Å². The van der Waals surface area contributed by atoms with Crippen LogP contribution in [0, 0.1) is 0 Å². The van der Waals surface area contributed by atoms with Crippen LogP contribution in [-0.4, -0.2) is 49.2 Å². The summed E-state index contributed by atoms with van der Waals surface area (Å²) in [6, 6.07) is 7.92. The van der Waals surface area contributed by atoms with Gasteiger partial charge in [-0.15, -0.1) is 0 Å². The van der Waals surface area contributed by atoms with E-state index in [1.165, 1.54) is 16.7 Å². The number of piperazine rings is 1. The van der Waals surface area contributed by atoms with Crippen LogP contribution in [-0.2, 0) is 4.79 Å². The molecule has 2 heterocycles. The molecule has 3 rings (SSSR count). The molecule has 0 spiro atoms. The number of amides is 1. The molecule has 0 radical (unpaired) electrons. The van der Waals surface area contributed by atoms with Crippen LogP contribution in [0.5, 0.6) is 0 Å². The Balaban J connectivity index is 1.71. The van der Waals surface area contributed by atoms with Gasteiger partial charge in [0.2, 0.25) is 0 Å². The molecular weight excluding hydrogens is 350 g/mol. The maximum atomic E-state index is 12.0. The minimum Gasteiger partial charge on any atom is -0.339 e. The van der Waals surface area contributed by atoms with Crippen molar-refractivity contribution in [3.63, 3.8) is 0 Å². The van der Waals surface area contributed by atoms with Gasteiger partial charge in [-0.05, 0) is 35.5 Å². The second-order valence-corrected chi connectivity index (χ2v) is 7.23. The van der Waals surface area contributed by atoms with Crippen LogP contribution >= 0.6 is 27.7 Å². The van der Waals surface area contributed by atoms with Gasteiger partial charge in [-0.1, -0.05) is 28.1 Å².